The molecule has 1 aromatic heterocycles. The lowest BCUT2D eigenvalue weighted by Crippen LogP contribution is -2.19. The first-order chi connectivity index (χ1) is 9.67. The third-order valence-electron chi connectivity index (χ3n) is 3.55. The average molecular weight is 273 g/mol. The molecule has 0 aliphatic carbocycles. The maximum Gasteiger partial charge on any atom is 0.161 e. The Balaban J connectivity index is 2.26. The summed E-state index contributed by atoms with van der Waals surface area (Å²) in [5.41, 5.74) is 9.93. The summed E-state index contributed by atoms with van der Waals surface area (Å²) >= 11 is 0. The van der Waals surface area contributed by atoms with Gasteiger partial charge in [-0.2, -0.15) is 5.10 Å². The van der Waals surface area contributed by atoms with E-state index in [9.17, 15) is 0 Å². The SMILES string of the molecule is CCCn1ncc(OC)c1C(N)Cc1ccccc1C. The fourth-order valence-electron chi connectivity index (χ4n) is 2.47. The highest BCUT2D eigenvalue weighted by Gasteiger charge is 2.19. The molecule has 2 aromatic rings. The van der Waals surface area contributed by atoms with Crippen LogP contribution < -0.4 is 10.5 Å². The highest BCUT2D eigenvalue weighted by molar-refractivity contribution is 5.32. The van der Waals surface area contributed by atoms with Gasteiger partial charge in [-0.25, -0.2) is 0 Å². The van der Waals surface area contributed by atoms with E-state index in [0.29, 0.717) is 0 Å². The van der Waals surface area contributed by atoms with Gasteiger partial charge < -0.3 is 10.5 Å². The Labute approximate surface area is 120 Å². The van der Waals surface area contributed by atoms with E-state index in [1.165, 1.54) is 11.1 Å². The van der Waals surface area contributed by atoms with Crippen molar-refractivity contribution in [3.05, 3.63) is 47.3 Å². The molecular weight excluding hydrogens is 250 g/mol. The lowest BCUT2D eigenvalue weighted by atomic mass is 9.99. The molecule has 0 bridgehead atoms. The molecule has 2 rings (SSSR count). The number of benzene rings is 1. The summed E-state index contributed by atoms with van der Waals surface area (Å²) in [6.07, 6.45) is 3.57. The van der Waals surface area contributed by atoms with Crippen molar-refractivity contribution in [3.63, 3.8) is 0 Å². The van der Waals surface area contributed by atoms with Crippen LogP contribution in [0, 0.1) is 6.92 Å². The predicted octanol–water partition coefficient (Wildman–Crippen LogP) is 2.85. The van der Waals surface area contributed by atoms with Crippen LogP contribution in [-0.2, 0) is 13.0 Å². The molecule has 1 atom stereocenters. The molecule has 0 radical (unpaired) electrons. The van der Waals surface area contributed by atoms with Crippen molar-refractivity contribution >= 4 is 0 Å². The molecule has 0 aliphatic heterocycles. The molecule has 2 N–H and O–H groups in total. The minimum absolute atomic E-state index is 0.111. The van der Waals surface area contributed by atoms with Crippen LogP contribution in [0.25, 0.3) is 0 Å². The van der Waals surface area contributed by atoms with Crippen LogP contribution in [0.4, 0.5) is 0 Å². The van der Waals surface area contributed by atoms with Gasteiger partial charge in [-0.05, 0) is 30.9 Å². The highest BCUT2D eigenvalue weighted by atomic mass is 16.5. The Morgan fingerprint density at radius 1 is 1.35 bits per heavy atom. The van der Waals surface area contributed by atoms with Gasteiger partial charge in [0.2, 0.25) is 0 Å². The minimum atomic E-state index is -0.111. The second kappa shape index (κ2) is 6.57. The Hall–Kier alpha value is -1.81. The number of nitrogens with zero attached hydrogens (tertiary/aromatic N) is 2. The smallest absolute Gasteiger partial charge is 0.161 e. The number of hydrogen-bond acceptors (Lipinski definition) is 3. The van der Waals surface area contributed by atoms with Crippen molar-refractivity contribution < 1.29 is 4.74 Å². The van der Waals surface area contributed by atoms with E-state index < -0.39 is 0 Å². The van der Waals surface area contributed by atoms with E-state index in [1.807, 2.05) is 10.7 Å². The van der Waals surface area contributed by atoms with E-state index in [1.54, 1.807) is 13.3 Å². The second-order valence-corrected chi connectivity index (χ2v) is 5.06. The molecule has 108 valence electrons. The summed E-state index contributed by atoms with van der Waals surface area (Å²) < 4.78 is 7.36. The lowest BCUT2D eigenvalue weighted by Gasteiger charge is -2.16. The van der Waals surface area contributed by atoms with Crippen LogP contribution in [0.5, 0.6) is 5.75 Å². The Morgan fingerprint density at radius 2 is 2.10 bits per heavy atom. The Morgan fingerprint density at radius 3 is 2.75 bits per heavy atom. The fraction of sp³-hybridized carbons (Fsp3) is 0.438. The minimum Gasteiger partial charge on any atom is -0.493 e. The Kier molecular flexibility index (Phi) is 4.79. The summed E-state index contributed by atoms with van der Waals surface area (Å²) in [4.78, 5) is 0. The van der Waals surface area contributed by atoms with Gasteiger partial charge in [-0.1, -0.05) is 31.2 Å². The lowest BCUT2D eigenvalue weighted by molar-refractivity contribution is 0.400. The van der Waals surface area contributed by atoms with Crippen molar-refractivity contribution in [1.29, 1.82) is 0 Å². The van der Waals surface area contributed by atoms with Gasteiger partial charge in [0.25, 0.3) is 0 Å². The van der Waals surface area contributed by atoms with Gasteiger partial charge in [0.05, 0.1) is 25.0 Å². The van der Waals surface area contributed by atoms with Crippen molar-refractivity contribution in [2.24, 2.45) is 5.73 Å². The zero-order valence-corrected chi connectivity index (χ0v) is 12.5. The van der Waals surface area contributed by atoms with Crippen LogP contribution in [0.15, 0.2) is 30.5 Å². The molecular formula is C16H23N3O. The topological polar surface area (TPSA) is 53.1 Å². The predicted molar refractivity (Wildman–Crippen MR) is 80.9 cm³/mol. The first kappa shape index (κ1) is 14.6. The van der Waals surface area contributed by atoms with Crippen molar-refractivity contribution in [2.75, 3.05) is 7.11 Å². The summed E-state index contributed by atoms with van der Waals surface area (Å²) in [6, 6.07) is 8.23. The van der Waals surface area contributed by atoms with Crippen molar-refractivity contribution in [1.82, 2.24) is 9.78 Å². The van der Waals surface area contributed by atoms with Crippen LogP contribution in [-0.4, -0.2) is 16.9 Å². The molecule has 0 fully saturated rings. The summed E-state index contributed by atoms with van der Waals surface area (Å²) in [5, 5.41) is 4.37. The highest BCUT2D eigenvalue weighted by Crippen LogP contribution is 2.27. The van der Waals surface area contributed by atoms with Crippen molar-refractivity contribution in [2.45, 2.75) is 39.3 Å². The first-order valence-electron chi connectivity index (χ1n) is 7.07. The largest absolute Gasteiger partial charge is 0.493 e. The van der Waals surface area contributed by atoms with Gasteiger partial charge in [-0.3, -0.25) is 4.68 Å². The molecule has 20 heavy (non-hydrogen) atoms. The third kappa shape index (κ3) is 3.02. The van der Waals surface area contributed by atoms with Crippen LogP contribution >= 0.6 is 0 Å². The average Bonchev–Trinajstić information content (AvgIpc) is 2.85. The molecule has 4 nitrogen and oxygen atoms in total. The zero-order valence-electron chi connectivity index (χ0n) is 12.5. The zero-order chi connectivity index (χ0) is 14.5. The van der Waals surface area contributed by atoms with Crippen LogP contribution in [0.3, 0.4) is 0 Å². The summed E-state index contributed by atoms with van der Waals surface area (Å²) in [6.45, 7) is 5.10. The normalized spacial score (nSPS) is 12.4. The Bertz CT molecular complexity index is 563. The molecule has 4 heteroatoms. The molecule has 0 amide bonds. The number of aromatic nitrogens is 2. The molecule has 0 aliphatic rings. The third-order valence-corrected chi connectivity index (χ3v) is 3.55. The van der Waals surface area contributed by atoms with Gasteiger partial charge >= 0.3 is 0 Å². The number of rotatable bonds is 6. The second-order valence-electron chi connectivity index (χ2n) is 5.06. The van der Waals surface area contributed by atoms with E-state index in [2.05, 4.69) is 37.1 Å². The maximum absolute atomic E-state index is 6.41. The molecule has 1 unspecified atom stereocenters. The van der Waals surface area contributed by atoms with Crippen LogP contribution in [0.1, 0.15) is 36.2 Å². The number of methoxy groups -OCH3 is 1. The van der Waals surface area contributed by atoms with Crippen LogP contribution in [0.2, 0.25) is 0 Å². The first-order valence-corrected chi connectivity index (χ1v) is 7.07. The van der Waals surface area contributed by atoms with E-state index >= 15 is 0 Å². The summed E-state index contributed by atoms with van der Waals surface area (Å²) in [5.74, 6) is 0.777. The van der Waals surface area contributed by atoms with Gasteiger partial charge in [0.15, 0.2) is 5.75 Å². The number of nitrogens with two attached hydrogens (primary N) is 1. The maximum atomic E-state index is 6.41. The molecule has 0 saturated heterocycles. The monoisotopic (exact) mass is 273 g/mol. The number of aryl methyl sites for hydroxylation is 2. The standard InChI is InChI=1S/C16H23N3O/c1-4-9-19-16(15(20-3)11-18-19)14(17)10-13-8-6-5-7-12(13)2/h5-8,11,14H,4,9-10,17H2,1-3H3. The summed E-state index contributed by atoms with van der Waals surface area (Å²) in [7, 11) is 1.66. The van der Waals surface area contributed by atoms with Gasteiger partial charge in [-0.15, -0.1) is 0 Å². The quantitative estimate of drug-likeness (QED) is 0.880. The molecule has 0 saturated carbocycles. The van der Waals surface area contributed by atoms with E-state index in [4.69, 9.17) is 10.5 Å². The van der Waals surface area contributed by atoms with E-state index in [-0.39, 0.29) is 6.04 Å². The number of hydrogen-bond donors (Lipinski definition) is 1. The molecule has 1 aromatic carbocycles. The van der Waals surface area contributed by atoms with Crippen molar-refractivity contribution in [3.8, 4) is 5.75 Å². The van der Waals surface area contributed by atoms with E-state index in [0.717, 1.165) is 30.8 Å². The molecule has 0 spiro atoms. The number of ether oxygens (including phenoxy) is 1. The molecule has 1 heterocycles. The van der Waals surface area contributed by atoms with Gasteiger partial charge in [0.1, 0.15) is 0 Å². The fourth-order valence-corrected chi connectivity index (χ4v) is 2.47. The van der Waals surface area contributed by atoms with Gasteiger partial charge in [0, 0.05) is 6.54 Å².